The zero-order valence-electron chi connectivity index (χ0n) is 13.2. The topological polar surface area (TPSA) is 80.0 Å². The van der Waals surface area contributed by atoms with E-state index >= 15 is 0 Å². The predicted octanol–water partition coefficient (Wildman–Crippen LogP) is 1.99. The summed E-state index contributed by atoms with van der Waals surface area (Å²) in [5.41, 5.74) is 1.75. The zero-order chi connectivity index (χ0) is 16.2. The molecule has 0 amide bonds. The van der Waals surface area contributed by atoms with E-state index in [1.54, 1.807) is 18.6 Å². The predicted molar refractivity (Wildman–Crippen MR) is 90.5 cm³/mol. The summed E-state index contributed by atoms with van der Waals surface area (Å²) in [7, 11) is 0. The first-order chi connectivity index (χ1) is 11.9. The van der Waals surface area contributed by atoms with Crippen LogP contribution in [0.2, 0.25) is 0 Å². The third-order valence-electron chi connectivity index (χ3n) is 4.02. The van der Waals surface area contributed by atoms with Gasteiger partial charge in [-0.15, -0.1) is 0 Å². The quantitative estimate of drug-likeness (QED) is 0.790. The molecule has 0 aliphatic carbocycles. The van der Waals surface area contributed by atoms with E-state index in [2.05, 4.69) is 30.3 Å². The summed E-state index contributed by atoms with van der Waals surface area (Å²) in [5, 5.41) is 7.50. The van der Waals surface area contributed by atoms with Crippen LogP contribution in [0.4, 0.5) is 5.82 Å². The number of anilines is 1. The molecule has 0 atom stereocenters. The Kier molecular flexibility index (Phi) is 4.16. The van der Waals surface area contributed by atoms with Crippen molar-refractivity contribution in [3.05, 3.63) is 42.9 Å². The third kappa shape index (κ3) is 2.98. The van der Waals surface area contributed by atoms with Gasteiger partial charge in [-0.2, -0.15) is 4.98 Å². The van der Waals surface area contributed by atoms with Crippen LogP contribution in [-0.2, 0) is 0 Å². The van der Waals surface area contributed by atoms with Gasteiger partial charge in [0.25, 0.3) is 5.89 Å². The molecule has 0 saturated carbocycles. The molecule has 1 aliphatic heterocycles. The van der Waals surface area contributed by atoms with Gasteiger partial charge in [0.05, 0.1) is 5.56 Å². The van der Waals surface area contributed by atoms with Crippen LogP contribution in [-0.4, -0.2) is 46.3 Å². The van der Waals surface area contributed by atoms with Gasteiger partial charge in [0.1, 0.15) is 5.82 Å². The minimum absolute atomic E-state index is 0.488. The molecule has 3 aromatic heterocycles. The molecule has 7 nitrogen and oxygen atoms in total. The lowest BCUT2D eigenvalue weighted by molar-refractivity contribution is 0.432. The molecule has 0 spiro atoms. The van der Waals surface area contributed by atoms with E-state index < -0.39 is 0 Å². The van der Waals surface area contributed by atoms with E-state index in [0.29, 0.717) is 11.7 Å². The molecular weight excluding hydrogens is 304 g/mol. The second-order valence-corrected chi connectivity index (χ2v) is 5.62. The summed E-state index contributed by atoms with van der Waals surface area (Å²) in [4.78, 5) is 15.4. The SMILES string of the molecule is c1cnc(N2CCCNCC2)c(-c2nc(-c3ccncc3)no2)c1. The van der Waals surface area contributed by atoms with Gasteiger partial charge < -0.3 is 14.7 Å². The van der Waals surface area contributed by atoms with E-state index in [1.807, 2.05) is 24.3 Å². The fraction of sp³-hybridized carbons (Fsp3) is 0.294. The molecular formula is C17H18N6O. The Balaban J connectivity index is 1.68. The third-order valence-corrected chi connectivity index (χ3v) is 4.02. The molecule has 1 N–H and O–H groups in total. The summed E-state index contributed by atoms with van der Waals surface area (Å²) in [6, 6.07) is 7.59. The van der Waals surface area contributed by atoms with Crippen molar-refractivity contribution < 1.29 is 4.52 Å². The molecule has 1 saturated heterocycles. The van der Waals surface area contributed by atoms with Crippen LogP contribution in [0.25, 0.3) is 22.8 Å². The number of rotatable bonds is 3. The Bertz CT molecular complexity index is 796. The maximum atomic E-state index is 5.50. The first kappa shape index (κ1) is 14.8. The van der Waals surface area contributed by atoms with Crippen LogP contribution >= 0.6 is 0 Å². The fourth-order valence-corrected chi connectivity index (χ4v) is 2.82. The van der Waals surface area contributed by atoms with E-state index in [4.69, 9.17) is 4.52 Å². The highest BCUT2D eigenvalue weighted by atomic mass is 16.5. The molecule has 1 fully saturated rings. The lowest BCUT2D eigenvalue weighted by Crippen LogP contribution is -2.29. The maximum absolute atomic E-state index is 5.50. The fourth-order valence-electron chi connectivity index (χ4n) is 2.82. The van der Waals surface area contributed by atoms with Crippen LogP contribution in [0.15, 0.2) is 47.4 Å². The molecule has 3 aromatic rings. The van der Waals surface area contributed by atoms with Crippen molar-refractivity contribution in [3.63, 3.8) is 0 Å². The first-order valence-electron chi connectivity index (χ1n) is 8.07. The normalized spacial score (nSPS) is 15.2. The smallest absolute Gasteiger partial charge is 0.261 e. The van der Waals surface area contributed by atoms with E-state index in [-0.39, 0.29) is 0 Å². The van der Waals surface area contributed by atoms with Crippen molar-refractivity contribution >= 4 is 5.82 Å². The van der Waals surface area contributed by atoms with Crippen LogP contribution < -0.4 is 10.2 Å². The molecule has 4 rings (SSSR count). The number of nitrogens with one attached hydrogen (secondary N) is 1. The van der Waals surface area contributed by atoms with Crippen molar-refractivity contribution in [2.24, 2.45) is 0 Å². The average Bonchev–Trinajstić information content (AvgIpc) is 2.98. The van der Waals surface area contributed by atoms with Crippen LogP contribution in [0, 0.1) is 0 Å². The monoisotopic (exact) mass is 322 g/mol. The highest BCUT2D eigenvalue weighted by Gasteiger charge is 2.19. The van der Waals surface area contributed by atoms with Gasteiger partial charge in [-0.05, 0) is 37.2 Å². The van der Waals surface area contributed by atoms with Crippen molar-refractivity contribution in [2.45, 2.75) is 6.42 Å². The van der Waals surface area contributed by atoms with Crippen molar-refractivity contribution in [2.75, 3.05) is 31.1 Å². The maximum Gasteiger partial charge on any atom is 0.261 e. The molecule has 0 aromatic carbocycles. The second kappa shape index (κ2) is 6.76. The number of aromatic nitrogens is 4. The van der Waals surface area contributed by atoms with Crippen molar-refractivity contribution in [1.82, 2.24) is 25.4 Å². The standard InChI is InChI=1S/C17H18N6O/c1-3-14(16(20-7-1)23-11-2-6-18-10-12-23)17-21-15(22-24-17)13-4-8-19-9-5-13/h1,3-5,7-9,18H,2,6,10-12H2. The minimum Gasteiger partial charge on any atom is -0.355 e. The lowest BCUT2D eigenvalue weighted by atomic mass is 10.2. The van der Waals surface area contributed by atoms with Crippen LogP contribution in [0.1, 0.15) is 6.42 Å². The summed E-state index contributed by atoms with van der Waals surface area (Å²) in [6.45, 7) is 3.85. The van der Waals surface area contributed by atoms with Crippen molar-refractivity contribution in [3.8, 4) is 22.8 Å². The molecule has 1 aliphatic rings. The number of nitrogens with zero attached hydrogens (tertiary/aromatic N) is 5. The highest BCUT2D eigenvalue weighted by molar-refractivity contribution is 5.71. The summed E-state index contributed by atoms with van der Waals surface area (Å²) in [6.07, 6.45) is 6.32. The van der Waals surface area contributed by atoms with E-state index in [1.165, 1.54) is 0 Å². The Morgan fingerprint density at radius 1 is 1.04 bits per heavy atom. The Hall–Kier alpha value is -2.80. The van der Waals surface area contributed by atoms with Crippen LogP contribution in [0.3, 0.4) is 0 Å². The Morgan fingerprint density at radius 3 is 2.88 bits per heavy atom. The number of hydrogen-bond donors (Lipinski definition) is 1. The second-order valence-electron chi connectivity index (χ2n) is 5.62. The van der Waals surface area contributed by atoms with Gasteiger partial charge in [-0.25, -0.2) is 4.98 Å². The molecule has 0 unspecified atom stereocenters. The van der Waals surface area contributed by atoms with Crippen LogP contribution in [0.5, 0.6) is 0 Å². The van der Waals surface area contributed by atoms with Gasteiger partial charge in [0.2, 0.25) is 5.82 Å². The number of pyridine rings is 2. The molecule has 7 heteroatoms. The molecule has 24 heavy (non-hydrogen) atoms. The lowest BCUT2D eigenvalue weighted by Gasteiger charge is -2.22. The largest absolute Gasteiger partial charge is 0.355 e. The van der Waals surface area contributed by atoms with E-state index in [0.717, 1.165) is 49.5 Å². The molecule has 0 bridgehead atoms. The summed E-state index contributed by atoms with van der Waals surface area (Å²) >= 11 is 0. The molecule has 122 valence electrons. The number of hydrogen-bond acceptors (Lipinski definition) is 7. The molecule has 4 heterocycles. The Morgan fingerprint density at radius 2 is 1.96 bits per heavy atom. The van der Waals surface area contributed by atoms with Gasteiger partial charge in [0.15, 0.2) is 0 Å². The minimum atomic E-state index is 0.488. The molecule has 0 radical (unpaired) electrons. The average molecular weight is 322 g/mol. The van der Waals surface area contributed by atoms with Gasteiger partial charge >= 0.3 is 0 Å². The van der Waals surface area contributed by atoms with E-state index in [9.17, 15) is 0 Å². The first-order valence-corrected chi connectivity index (χ1v) is 8.07. The summed E-state index contributed by atoms with van der Waals surface area (Å²) < 4.78 is 5.50. The zero-order valence-corrected chi connectivity index (χ0v) is 13.2. The Labute approximate surface area is 139 Å². The van der Waals surface area contributed by atoms with Gasteiger partial charge in [-0.3, -0.25) is 4.98 Å². The van der Waals surface area contributed by atoms with Gasteiger partial charge in [0, 0.05) is 43.8 Å². The van der Waals surface area contributed by atoms with Crippen molar-refractivity contribution in [1.29, 1.82) is 0 Å². The summed E-state index contributed by atoms with van der Waals surface area (Å²) in [5.74, 6) is 1.94. The highest BCUT2D eigenvalue weighted by Crippen LogP contribution is 2.29. The van der Waals surface area contributed by atoms with Gasteiger partial charge in [-0.1, -0.05) is 5.16 Å².